The maximum atomic E-state index is 13.6. The lowest BCUT2D eigenvalue weighted by Crippen LogP contribution is -2.29. The van der Waals surface area contributed by atoms with E-state index in [9.17, 15) is 14.7 Å². The summed E-state index contributed by atoms with van der Waals surface area (Å²) in [5.74, 6) is 0.944. The van der Waals surface area contributed by atoms with E-state index in [1.54, 1.807) is 61.7 Å². The summed E-state index contributed by atoms with van der Waals surface area (Å²) in [5.41, 5.74) is 3.64. The number of nitrogens with zero attached hydrogens (tertiary/aromatic N) is 2. The molecule has 338 valence electrons. The number of methoxy groups -OCH3 is 1. The van der Waals surface area contributed by atoms with Gasteiger partial charge in [-0.2, -0.15) is 0 Å². The number of benzene rings is 4. The zero-order chi connectivity index (χ0) is 46.2. The Hall–Kier alpha value is -6.28. The molecule has 63 heavy (non-hydrogen) atoms. The third-order valence-electron chi connectivity index (χ3n) is 8.98. The summed E-state index contributed by atoms with van der Waals surface area (Å²) in [6.45, 7) is 23.1. The van der Waals surface area contributed by atoms with Gasteiger partial charge in [0.15, 0.2) is 23.0 Å². The Morgan fingerprint density at radius 2 is 1.08 bits per heavy atom. The van der Waals surface area contributed by atoms with Crippen molar-refractivity contribution >= 4 is 28.9 Å². The van der Waals surface area contributed by atoms with Crippen molar-refractivity contribution in [3.8, 4) is 40.2 Å². The smallest absolute Gasteiger partial charge is 0.342 e. The zero-order valence-corrected chi connectivity index (χ0v) is 38.4. The van der Waals surface area contributed by atoms with Gasteiger partial charge < -0.3 is 43.0 Å². The Balaban J connectivity index is 0.000000314. The number of hydrogen-bond acceptors (Lipinski definition) is 14. The van der Waals surface area contributed by atoms with Gasteiger partial charge in [-0.25, -0.2) is 9.42 Å². The van der Waals surface area contributed by atoms with Crippen LogP contribution in [0.1, 0.15) is 110 Å². The minimum Gasteiger partial charge on any atom is -0.497 e. The van der Waals surface area contributed by atoms with E-state index in [2.05, 4.69) is 10.3 Å². The lowest BCUT2D eigenvalue weighted by atomic mass is 9.87. The fourth-order valence-electron chi connectivity index (χ4n) is 6.70. The second-order valence-corrected chi connectivity index (χ2v) is 16.6. The van der Waals surface area contributed by atoms with Gasteiger partial charge in [0, 0.05) is 23.1 Å². The molecule has 1 atom stereocenters. The molecule has 0 spiro atoms. The first-order chi connectivity index (χ1) is 29.8. The minimum absolute atomic E-state index is 0.0129. The van der Waals surface area contributed by atoms with Crippen LogP contribution in [-0.2, 0) is 21.7 Å². The summed E-state index contributed by atoms with van der Waals surface area (Å²) in [6, 6.07) is 18.9. The van der Waals surface area contributed by atoms with Gasteiger partial charge >= 0.3 is 5.97 Å². The van der Waals surface area contributed by atoms with Gasteiger partial charge in [0.1, 0.15) is 23.1 Å². The summed E-state index contributed by atoms with van der Waals surface area (Å²) in [7, 11) is 1.55. The number of carbonyl (C=O) groups excluding carboxylic acids is 2. The van der Waals surface area contributed by atoms with Crippen LogP contribution < -0.4 is 33.2 Å². The number of esters is 1. The second-order valence-electron chi connectivity index (χ2n) is 16.6. The third-order valence-corrected chi connectivity index (χ3v) is 8.98. The molecule has 4 aromatic carbocycles. The lowest BCUT2D eigenvalue weighted by molar-refractivity contribution is -0.185. The van der Waals surface area contributed by atoms with Crippen LogP contribution in [0.2, 0.25) is 0 Å². The van der Waals surface area contributed by atoms with Gasteiger partial charge in [0.05, 0.1) is 49.3 Å². The first-order valence-corrected chi connectivity index (χ1v) is 21.2. The van der Waals surface area contributed by atoms with Crippen LogP contribution in [0.15, 0.2) is 76.9 Å². The molecule has 1 unspecified atom stereocenters. The van der Waals surface area contributed by atoms with E-state index in [0.717, 1.165) is 6.29 Å². The number of hydrogen-bond donors (Lipinski definition) is 1. The summed E-state index contributed by atoms with van der Waals surface area (Å²) in [6.07, 6.45) is 0.413. The fourth-order valence-corrected chi connectivity index (χ4v) is 6.70. The van der Waals surface area contributed by atoms with Crippen LogP contribution in [0, 0.1) is 0 Å². The summed E-state index contributed by atoms with van der Waals surface area (Å²) in [4.78, 5) is 24.6. The molecule has 0 saturated heterocycles. The highest BCUT2D eigenvalue weighted by Crippen LogP contribution is 2.48. The Labute approximate surface area is 369 Å². The van der Waals surface area contributed by atoms with E-state index in [1.165, 1.54) is 0 Å². The number of ether oxygens (including phenoxy) is 8. The number of carbonyl (C=O) groups is 2. The Morgan fingerprint density at radius 1 is 0.619 bits per heavy atom. The van der Waals surface area contributed by atoms with Crippen molar-refractivity contribution in [2.75, 3.05) is 7.11 Å². The van der Waals surface area contributed by atoms with Crippen molar-refractivity contribution < 1.29 is 57.2 Å². The Morgan fingerprint density at radius 3 is 1.52 bits per heavy atom. The molecule has 5 aromatic rings. The molecule has 0 bridgehead atoms. The van der Waals surface area contributed by atoms with Gasteiger partial charge in [-0.15, -0.1) is 0 Å². The van der Waals surface area contributed by atoms with E-state index >= 15 is 0 Å². The average molecular weight is 869 g/mol. The van der Waals surface area contributed by atoms with Crippen molar-refractivity contribution in [3.63, 3.8) is 0 Å². The fraction of sp³-hybridized carbons (Fsp3) is 0.429. The number of aliphatic hydroxyl groups is 1. The van der Waals surface area contributed by atoms with Crippen LogP contribution in [0.4, 0.5) is 0 Å². The summed E-state index contributed by atoms with van der Waals surface area (Å²) in [5, 5.41) is 19.9. The zero-order valence-electron chi connectivity index (χ0n) is 38.4. The predicted molar refractivity (Wildman–Crippen MR) is 238 cm³/mol. The maximum Gasteiger partial charge on any atom is 0.342 e. The van der Waals surface area contributed by atoms with Gasteiger partial charge in [-0.3, -0.25) is 4.79 Å². The quantitative estimate of drug-likeness (QED) is 0.0653. The molecule has 2 heterocycles. The largest absolute Gasteiger partial charge is 0.497 e. The third kappa shape index (κ3) is 12.0. The molecule has 1 N–H and O–H groups in total. The number of rotatable bonds is 18. The van der Waals surface area contributed by atoms with Gasteiger partial charge in [0.25, 0.3) is 5.79 Å². The van der Waals surface area contributed by atoms with Crippen LogP contribution in [0.3, 0.4) is 0 Å². The molecule has 14 heteroatoms. The minimum atomic E-state index is -2.07. The molecular formula is C49H60N2O12. The standard InChI is InChI=1S/C33H36N2O8.C16H24O4/c1-18(2)39-28-15-21(16-29(40-19(3)4)31(28)41-20(5)6)14-25-30(22-8-13-26-27(17-22)35-43-34-26)32(36)42-33(25,37)23-9-11-24(38-7)12-10-23;1-10(2)18-14-7-13(9-17)8-15(19-11(3)4)16(14)20-12(5)6/h8-13,15-20,37H,14H2,1-7H3;7-12H,1-6H3. The molecule has 0 aliphatic carbocycles. The molecule has 14 nitrogen and oxygen atoms in total. The number of aldehydes is 1. The average Bonchev–Trinajstić information content (AvgIpc) is 3.77. The first-order valence-electron chi connectivity index (χ1n) is 21.2. The van der Waals surface area contributed by atoms with Crippen LogP contribution >= 0.6 is 0 Å². The van der Waals surface area contributed by atoms with Crippen LogP contribution in [0.25, 0.3) is 16.6 Å². The van der Waals surface area contributed by atoms with Crippen LogP contribution in [-0.4, -0.2) is 71.4 Å². The first kappa shape index (κ1) is 47.8. The molecule has 1 aliphatic rings. The Kier molecular flexibility index (Phi) is 15.7. The van der Waals surface area contributed by atoms with E-state index in [4.69, 9.17) is 42.5 Å². The molecule has 0 radical (unpaired) electrons. The SMILES string of the molecule is CC(C)Oc1cc(C=O)cc(OC(C)C)c1OC(C)C.COc1ccc(C2(O)OC(=O)C(c3ccc4nonc4c3)=C2Cc2cc(OC(C)C)c(OC(C)C)c(OC(C)C)c2)cc1. The molecule has 6 rings (SSSR count). The van der Waals surface area contributed by atoms with Gasteiger partial charge in [-0.05, 0) is 165 Å². The molecule has 0 fully saturated rings. The summed E-state index contributed by atoms with van der Waals surface area (Å²) >= 11 is 0. The number of aromatic nitrogens is 2. The summed E-state index contributed by atoms with van der Waals surface area (Å²) < 4.78 is 51.8. The molecule has 1 aliphatic heterocycles. The maximum absolute atomic E-state index is 13.6. The van der Waals surface area contributed by atoms with E-state index < -0.39 is 11.8 Å². The van der Waals surface area contributed by atoms with Crippen molar-refractivity contribution in [3.05, 3.63) is 94.6 Å². The van der Waals surface area contributed by atoms with Gasteiger partial charge in [0.2, 0.25) is 11.5 Å². The number of cyclic esters (lactones) is 1. The predicted octanol–water partition coefficient (Wildman–Crippen LogP) is 9.85. The lowest BCUT2D eigenvalue weighted by Gasteiger charge is -2.27. The highest BCUT2D eigenvalue weighted by atomic mass is 16.7. The Bertz CT molecular complexity index is 2320. The van der Waals surface area contributed by atoms with Crippen LogP contribution in [0.5, 0.6) is 40.2 Å². The van der Waals surface area contributed by atoms with Crippen molar-refractivity contribution in [2.45, 2.75) is 132 Å². The van der Waals surface area contributed by atoms with Crippen molar-refractivity contribution in [1.29, 1.82) is 0 Å². The molecular weight excluding hydrogens is 809 g/mol. The van der Waals surface area contributed by atoms with E-state index in [1.807, 2.05) is 95.2 Å². The monoisotopic (exact) mass is 868 g/mol. The number of fused-ring (bicyclic) bond motifs is 1. The van der Waals surface area contributed by atoms with Crippen molar-refractivity contribution in [2.24, 2.45) is 0 Å². The molecule has 0 amide bonds. The van der Waals surface area contributed by atoms with Gasteiger partial charge in [-0.1, -0.05) is 6.07 Å². The normalized spacial score (nSPS) is 15.0. The molecule has 1 aromatic heterocycles. The molecule has 0 saturated carbocycles. The van der Waals surface area contributed by atoms with E-state index in [-0.39, 0.29) is 48.6 Å². The van der Waals surface area contributed by atoms with Crippen molar-refractivity contribution in [1.82, 2.24) is 10.3 Å². The van der Waals surface area contributed by atoms with E-state index in [0.29, 0.717) is 79.1 Å². The highest BCUT2D eigenvalue weighted by molar-refractivity contribution is 6.20. The highest BCUT2D eigenvalue weighted by Gasteiger charge is 2.48. The second kappa shape index (κ2) is 20.7. The topological polar surface area (TPSA) is 167 Å².